The summed E-state index contributed by atoms with van der Waals surface area (Å²) in [6.07, 6.45) is 5.90. The lowest BCUT2D eigenvalue weighted by Gasteiger charge is -2.15. The first kappa shape index (κ1) is 27.5. The number of fused-ring (bicyclic) bond motifs is 2. The Bertz CT molecular complexity index is 1740. The maximum atomic E-state index is 13.5. The number of hydrogen-bond acceptors (Lipinski definition) is 5. The summed E-state index contributed by atoms with van der Waals surface area (Å²) in [7, 11) is 1.65. The second-order valence-corrected chi connectivity index (χ2v) is 12.3. The maximum absolute atomic E-state index is 13.5. The third-order valence-corrected chi connectivity index (χ3v) is 9.08. The lowest BCUT2D eigenvalue weighted by molar-refractivity contribution is 0.102. The van der Waals surface area contributed by atoms with Crippen LogP contribution in [0.3, 0.4) is 0 Å². The quantitative estimate of drug-likeness (QED) is 0.132. The van der Waals surface area contributed by atoms with E-state index in [1.165, 1.54) is 10.3 Å². The summed E-state index contributed by atoms with van der Waals surface area (Å²) in [5, 5.41) is 6.13. The van der Waals surface area contributed by atoms with Gasteiger partial charge in [-0.2, -0.15) is 0 Å². The van der Waals surface area contributed by atoms with Gasteiger partial charge in [0.1, 0.15) is 11.6 Å². The Morgan fingerprint density at radius 3 is 2.63 bits per heavy atom. The Morgan fingerprint density at radius 1 is 1.00 bits per heavy atom. The van der Waals surface area contributed by atoms with Crippen molar-refractivity contribution in [1.82, 2.24) is 0 Å². The van der Waals surface area contributed by atoms with Crippen molar-refractivity contribution in [3.8, 4) is 11.5 Å². The number of halogens is 1. The van der Waals surface area contributed by atoms with E-state index < -0.39 is 0 Å². The molecule has 1 aliphatic rings. The largest absolute Gasteiger partial charge is 0.493 e. The normalized spacial score (nSPS) is 12.8. The molecule has 5 nitrogen and oxygen atoms in total. The van der Waals surface area contributed by atoms with Crippen LogP contribution in [0.5, 0.6) is 11.5 Å². The Balaban J connectivity index is 1.35. The highest BCUT2D eigenvalue weighted by atomic mass is 127. The van der Waals surface area contributed by atoms with Crippen molar-refractivity contribution < 1.29 is 14.3 Å². The number of aliphatic imine (C=N–C) groups is 1. The van der Waals surface area contributed by atoms with Crippen LogP contribution in [0, 0.1) is 3.57 Å². The summed E-state index contributed by atoms with van der Waals surface area (Å²) in [6.45, 7) is 0.386. The van der Waals surface area contributed by atoms with Crippen molar-refractivity contribution in [1.29, 1.82) is 0 Å². The molecule has 0 saturated carbocycles. The second kappa shape index (κ2) is 12.4. The number of ether oxygens (including phenoxy) is 2. The van der Waals surface area contributed by atoms with Crippen molar-refractivity contribution in [2.75, 3.05) is 12.4 Å². The van der Waals surface area contributed by atoms with Crippen molar-refractivity contribution >= 4 is 67.5 Å². The fraction of sp³-hybridized carbons (Fsp3) is 0.176. The first-order chi connectivity index (χ1) is 20.1. The third-order valence-electron chi connectivity index (χ3n) is 7.25. The number of hydrogen-bond donors (Lipinski definition) is 1. The maximum Gasteiger partial charge on any atom is 0.259 e. The van der Waals surface area contributed by atoms with Gasteiger partial charge in [0.05, 0.1) is 12.7 Å². The molecule has 1 heterocycles. The van der Waals surface area contributed by atoms with Crippen molar-refractivity contribution in [3.05, 3.63) is 116 Å². The van der Waals surface area contributed by atoms with E-state index in [2.05, 4.69) is 58.2 Å². The van der Waals surface area contributed by atoms with Gasteiger partial charge in [0.25, 0.3) is 5.91 Å². The summed E-state index contributed by atoms with van der Waals surface area (Å²) in [5.74, 6) is 1.16. The van der Waals surface area contributed by atoms with E-state index in [1.54, 1.807) is 24.7 Å². The molecule has 1 aliphatic carbocycles. The Kier molecular flexibility index (Phi) is 8.34. The molecule has 0 radical (unpaired) electrons. The Morgan fingerprint density at radius 2 is 1.78 bits per heavy atom. The zero-order valence-corrected chi connectivity index (χ0v) is 25.6. The monoisotopic (exact) mass is 672 g/mol. The number of nitrogens with zero attached hydrogens (tertiary/aromatic N) is 1. The number of thiophene rings is 1. The van der Waals surface area contributed by atoms with Gasteiger partial charge < -0.3 is 14.8 Å². The molecule has 6 rings (SSSR count). The lowest BCUT2D eigenvalue weighted by Crippen LogP contribution is -2.14. The topological polar surface area (TPSA) is 59.9 Å². The van der Waals surface area contributed by atoms with Gasteiger partial charge in [0, 0.05) is 25.9 Å². The number of carbonyl (C=O) groups is 1. The zero-order chi connectivity index (χ0) is 28.2. The number of aryl methyl sites for hydroxylation is 1. The fourth-order valence-electron chi connectivity index (χ4n) is 5.28. The predicted molar refractivity (Wildman–Crippen MR) is 177 cm³/mol. The molecule has 7 heteroatoms. The van der Waals surface area contributed by atoms with Gasteiger partial charge in [-0.15, -0.1) is 11.3 Å². The molecule has 0 atom stereocenters. The standard InChI is InChI=1S/C34H29IN2O3S/c1-39-29-19-25(35)18-24(32(29)40-21-23-12-9-11-22-10-5-6-15-27(22)23)20-36-34-31(28-16-7-8-17-30(28)41-34)33(38)37-26-13-3-2-4-14-26/h2-6,9-15,18-20H,7-8,16-17,21H2,1H3,(H,37,38). The van der Waals surface area contributed by atoms with Crippen LogP contribution in [0.1, 0.15) is 44.8 Å². The van der Waals surface area contributed by atoms with Crippen molar-refractivity contribution in [2.45, 2.75) is 32.3 Å². The summed E-state index contributed by atoms with van der Waals surface area (Å²) in [6, 6.07) is 28.1. The van der Waals surface area contributed by atoms with Crippen LogP contribution in [0.25, 0.3) is 10.8 Å². The molecule has 206 valence electrons. The highest BCUT2D eigenvalue weighted by Crippen LogP contribution is 2.41. The van der Waals surface area contributed by atoms with E-state index in [4.69, 9.17) is 14.5 Å². The molecule has 0 aliphatic heterocycles. The summed E-state index contributed by atoms with van der Waals surface area (Å²) >= 11 is 3.90. The molecule has 0 saturated heterocycles. The fourth-order valence-corrected chi connectivity index (χ4v) is 7.13. The Labute approximate surface area is 257 Å². The predicted octanol–water partition coefficient (Wildman–Crippen LogP) is 8.98. The van der Waals surface area contributed by atoms with E-state index in [0.717, 1.165) is 62.0 Å². The average Bonchev–Trinajstić information content (AvgIpc) is 3.38. The minimum absolute atomic E-state index is 0.115. The second-order valence-electron chi connectivity index (χ2n) is 9.92. The molecule has 0 bridgehead atoms. The Hall–Kier alpha value is -3.69. The smallest absolute Gasteiger partial charge is 0.259 e. The number of anilines is 1. The SMILES string of the molecule is COc1cc(I)cc(C=Nc2sc3c(c2C(=O)Nc2ccccc2)CCCC3)c1OCc1cccc2ccccc12. The van der Waals surface area contributed by atoms with Gasteiger partial charge in [-0.05, 0) is 94.4 Å². The van der Waals surface area contributed by atoms with Gasteiger partial charge in [-0.3, -0.25) is 4.79 Å². The number of para-hydroxylation sites is 1. The van der Waals surface area contributed by atoms with Crippen LogP contribution in [0.15, 0.2) is 89.9 Å². The molecule has 5 aromatic rings. The molecule has 0 fully saturated rings. The van der Waals surface area contributed by atoms with E-state index >= 15 is 0 Å². The van der Waals surface area contributed by atoms with E-state index in [1.807, 2.05) is 54.6 Å². The number of methoxy groups -OCH3 is 1. The number of rotatable bonds is 8. The summed E-state index contributed by atoms with van der Waals surface area (Å²) in [4.78, 5) is 19.7. The number of carbonyl (C=O) groups excluding carboxylic acids is 1. The zero-order valence-electron chi connectivity index (χ0n) is 22.7. The summed E-state index contributed by atoms with van der Waals surface area (Å²) in [5.41, 5.74) is 4.48. The molecule has 41 heavy (non-hydrogen) atoms. The molecule has 0 spiro atoms. The average molecular weight is 673 g/mol. The lowest BCUT2D eigenvalue weighted by atomic mass is 9.95. The molecule has 0 unspecified atom stereocenters. The number of amides is 1. The van der Waals surface area contributed by atoms with Crippen molar-refractivity contribution in [2.24, 2.45) is 4.99 Å². The van der Waals surface area contributed by atoms with Crippen LogP contribution < -0.4 is 14.8 Å². The van der Waals surface area contributed by atoms with Crippen molar-refractivity contribution in [3.63, 3.8) is 0 Å². The van der Waals surface area contributed by atoms with E-state index in [9.17, 15) is 4.79 Å². The molecular formula is C34H29IN2O3S. The van der Waals surface area contributed by atoms with Gasteiger partial charge in [-0.25, -0.2) is 4.99 Å². The molecule has 1 aromatic heterocycles. The van der Waals surface area contributed by atoms with Crippen LogP contribution in [-0.2, 0) is 19.4 Å². The van der Waals surface area contributed by atoms with Gasteiger partial charge in [0.2, 0.25) is 0 Å². The molecule has 4 aromatic carbocycles. The molecular weight excluding hydrogens is 643 g/mol. The number of benzene rings is 4. The first-order valence-corrected chi connectivity index (χ1v) is 15.5. The van der Waals surface area contributed by atoms with E-state index in [0.29, 0.717) is 23.7 Å². The third kappa shape index (κ3) is 6.01. The molecule has 1 amide bonds. The first-order valence-electron chi connectivity index (χ1n) is 13.6. The van der Waals surface area contributed by atoms with Gasteiger partial charge in [0.15, 0.2) is 11.5 Å². The van der Waals surface area contributed by atoms with E-state index in [-0.39, 0.29) is 5.91 Å². The van der Waals surface area contributed by atoms with Crippen LogP contribution in [-0.4, -0.2) is 19.2 Å². The van der Waals surface area contributed by atoms with Crippen LogP contribution in [0.2, 0.25) is 0 Å². The number of nitrogens with one attached hydrogen (secondary N) is 1. The highest BCUT2D eigenvalue weighted by molar-refractivity contribution is 14.1. The highest BCUT2D eigenvalue weighted by Gasteiger charge is 2.25. The van der Waals surface area contributed by atoms with Gasteiger partial charge in [-0.1, -0.05) is 60.7 Å². The summed E-state index contributed by atoms with van der Waals surface area (Å²) < 4.78 is 13.2. The van der Waals surface area contributed by atoms with Gasteiger partial charge >= 0.3 is 0 Å². The van der Waals surface area contributed by atoms with Crippen LogP contribution >= 0.6 is 33.9 Å². The minimum atomic E-state index is -0.115. The molecule has 1 N–H and O–H groups in total. The minimum Gasteiger partial charge on any atom is -0.493 e. The van der Waals surface area contributed by atoms with Crippen LogP contribution in [0.4, 0.5) is 10.7 Å².